The van der Waals surface area contributed by atoms with Gasteiger partial charge in [-0.1, -0.05) is 12.1 Å². The number of hydrogen-bond donors (Lipinski definition) is 1. The summed E-state index contributed by atoms with van der Waals surface area (Å²) in [5.74, 6) is -0.406. The fourth-order valence-corrected chi connectivity index (χ4v) is 2.31. The maximum Gasteiger partial charge on any atom is 0.270 e. The summed E-state index contributed by atoms with van der Waals surface area (Å²) in [6, 6.07) is 11.5. The van der Waals surface area contributed by atoms with E-state index in [1.165, 1.54) is 12.1 Å². The molecule has 126 valence electrons. The van der Waals surface area contributed by atoms with Crippen molar-refractivity contribution in [3.8, 4) is 0 Å². The average molecular weight is 329 g/mol. The van der Waals surface area contributed by atoms with Crippen molar-refractivity contribution in [1.29, 1.82) is 0 Å². The van der Waals surface area contributed by atoms with Crippen LogP contribution in [0.15, 0.2) is 42.5 Å². The molecule has 1 N–H and O–H groups in total. The zero-order valence-electron chi connectivity index (χ0n) is 13.8. The van der Waals surface area contributed by atoms with Crippen molar-refractivity contribution in [2.24, 2.45) is 0 Å². The Morgan fingerprint density at radius 1 is 1.25 bits per heavy atom. The summed E-state index contributed by atoms with van der Waals surface area (Å²) in [5, 5.41) is 13.8. The Morgan fingerprint density at radius 3 is 2.62 bits per heavy atom. The van der Waals surface area contributed by atoms with Gasteiger partial charge < -0.3 is 15.0 Å². The van der Waals surface area contributed by atoms with Gasteiger partial charge in [0.15, 0.2) is 0 Å². The molecule has 0 fully saturated rings. The van der Waals surface area contributed by atoms with Crippen LogP contribution in [0.1, 0.15) is 15.9 Å². The first-order valence-electron chi connectivity index (χ1n) is 7.27. The molecule has 7 nitrogen and oxygen atoms in total. The van der Waals surface area contributed by atoms with Crippen LogP contribution in [0.2, 0.25) is 0 Å². The molecule has 0 saturated carbocycles. The highest BCUT2D eigenvalue weighted by Crippen LogP contribution is 2.25. The van der Waals surface area contributed by atoms with Crippen molar-refractivity contribution < 1.29 is 14.5 Å². The van der Waals surface area contributed by atoms with E-state index in [2.05, 4.69) is 5.32 Å². The molecule has 0 saturated heterocycles. The first-order valence-corrected chi connectivity index (χ1v) is 7.27. The molecule has 2 aromatic carbocycles. The van der Waals surface area contributed by atoms with Gasteiger partial charge in [0.25, 0.3) is 11.6 Å². The molecule has 0 heterocycles. The smallest absolute Gasteiger partial charge is 0.270 e. The lowest BCUT2D eigenvalue weighted by atomic mass is 10.1. The summed E-state index contributed by atoms with van der Waals surface area (Å²) in [6.07, 6.45) is 0. The fourth-order valence-electron chi connectivity index (χ4n) is 2.31. The van der Waals surface area contributed by atoms with Crippen molar-refractivity contribution in [2.45, 2.75) is 6.61 Å². The monoisotopic (exact) mass is 329 g/mol. The van der Waals surface area contributed by atoms with Crippen LogP contribution in [0.25, 0.3) is 0 Å². The van der Waals surface area contributed by atoms with Gasteiger partial charge in [-0.15, -0.1) is 0 Å². The van der Waals surface area contributed by atoms with E-state index in [1.54, 1.807) is 44.3 Å². The van der Waals surface area contributed by atoms with Crippen molar-refractivity contribution in [2.75, 3.05) is 31.4 Å². The molecule has 0 atom stereocenters. The number of ether oxygens (including phenoxy) is 1. The van der Waals surface area contributed by atoms with Gasteiger partial charge in [0.1, 0.15) is 0 Å². The van der Waals surface area contributed by atoms with Crippen molar-refractivity contribution in [1.82, 2.24) is 0 Å². The van der Waals surface area contributed by atoms with Gasteiger partial charge in [-0.2, -0.15) is 0 Å². The number of carbonyl (C=O) groups excluding carboxylic acids is 1. The van der Waals surface area contributed by atoms with Crippen LogP contribution in [0, 0.1) is 10.1 Å². The molecular weight excluding hydrogens is 310 g/mol. The molecule has 0 aliphatic rings. The van der Waals surface area contributed by atoms with Crippen LogP contribution in [-0.2, 0) is 11.3 Å². The molecule has 0 bridgehead atoms. The minimum Gasteiger partial charge on any atom is -0.380 e. The lowest BCUT2D eigenvalue weighted by molar-refractivity contribution is -0.384. The second-order valence-electron chi connectivity index (χ2n) is 5.44. The van der Waals surface area contributed by atoms with E-state index in [-0.39, 0.29) is 11.3 Å². The molecule has 7 heteroatoms. The lowest BCUT2D eigenvalue weighted by Crippen LogP contribution is -2.19. The third-order valence-electron chi connectivity index (χ3n) is 3.41. The number of hydrogen-bond acceptors (Lipinski definition) is 5. The van der Waals surface area contributed by atoms with E-state index in [0.29, 0.717) is 18.0 Å². The number of nitro benzene ring substituents is 1. The molecule has 0 radical (unpaired) electrons. The number of benzene rings is 2. The number of non-ortho nitro benzene ring substituents is 1. The zero-order valence-corrected chi connectivity index (χ0v) is 13.8. The predicted molar refractivity (Wildman–Crippen MR) is 92.5 cm³/mol. The second-order valence-corrected chi connectivity index (χ2v) is 5.44. The molecule has 1 amide bonds. The highest BCUT2D eigenvalue weighted by molar-refractivity contribution is 6.08. The van der Waals surface area contributed by atoms with E-state index >= 15 is 0 Å². The highest BCUT2D eigenvalue weighted by Gasteiger charge is 2.18. The number of methoxy groups -OCH3 is 1. The number of anilines is 2. The van der Waals surface area contributed by atoms with E-state index in [4.69, 9.17) is 4.74 Å². The molecule has 2 aromatic rings. The predicted octanol–water partition coefficient (Wildman–Crippen LogP) is 3.06. The summed E-state index contributed by atoms with van der Waals surface area (Å²) < 4.78 is 5.07. The number of amides is 1. The quantitative estimate of drug-likeness (QED) is 0.650. The minimum atomic E-state index is -0.518. The normalized spacial score (nSPS) is 10.3. The Morgan fingerprint density at radius 2 is 2.00 bits per heavy atom. The van der Waals surface area contributed by atoms with E-state index in [0.717, 1.165) is 5.56 Å². The maximum absolute atomic E-state index is 12.6. The highest BCUT2D eigenvalue weighted by atomic mass is 16.6. The number of nitro groups is 1. The van der Waals surface area contributed by atoms with Crippen LogP contribution in [0.3, 0.4) is 0 Å². The molecular formula is C17H19N3O4. The zero-order chi connectivity index (χ0) is 17.7. The van der Waals surface area contributed by atoms with Crippen molar-refractivity contribution >= 4 is 23.0 Å². The Labute approximate surface area is 140 Å². The van der Waals surface area contributed by atoms with Crippen LogP contribution >= 0.6 is 0 Å². The molecule has 0 unspecified atom stereocenters. The molecule has 2 rings (SSSR count). The number of nitrogens with zero attached hydrogens (tertiary/aromatic N) is 2. The fraction of sp³-hybridized carbons (Fsp3) is 0.235. The summed E-state index contributed by atoms with van der Waals surface area (Å²) in [7, 11) is 5.14. The summed E-state index contributed by atoms with van der Waals surface area (Å²) >= 11 is 0. The number of rotatable bonds is 6. The lowest BCUT2D eigenvalue weighted by Gasteiger charge is -2.17. The van der Waals surface area contributed by atoms with Crippen LogP contribution in [-0.4, -0.2) is 32.0 Å². The van der Waals surface area contributed by atoms with Gasteiger partial charge in [0, 0.05) is 44.7 Å². The third kappa shape index (κ3) is 4.08. The summed E-state index contributed by atoms with van der Waals surface area (Å²) in [6.45, 7) is 0.434. The van der Waals surface area contributed by atoms with Gasteiger partial charge in [-0.3, -0.25) is 14.9 Å². The molecule has 0 aliphatic carbocycles. The Kier molecular flexibility index (Phi) is 5.49. The standard InChI is InChI=1S/C17H19N3O4/c1-19(2)16-8-7-14(20(22)23)10-15(16)17(21)18-13-6-4-5-12(9-13)11-24-3/h4-10H,11H2,1-3H3,(H,18,21). The number of nitrogens with one attached hydrogen (secondary N) is 1. The maximum atomic E-state index is 12.6. The average Bonchev–Trinajstić information content (AvgIpc) is 2.54. The minimum absolute atomic E-state index is 0.126. The first kappa shape index (κ1) is 17.4. The van der Waals surface area contributed by atoms with Crippen LogP contribution in [0.5, 0.6) is 0 Å². The van der Waals surface area contributed by atoms with Gasteiger partial charge in [-0.25, -0.2) is 0 Å². The van der Waals surface area contributed by atoms with Crippen LogP contribution < -0.4 is 10.2 Å². The summed E-state index contributed by atoms with van der Waals surface area (Å²) in [5.41, 5.74) is 2.24. The van der Waals surface area contributed by atoms with Gasteiger partial charge in [0.05, 0.1) is 17.1 Å². The van der Waals surface area contributed by atoms with Crippen molar-refractivity contribution in [3.63, 3.8) is 0 Å². The Hall–Kier alpha value is -2.93. The molecule has 0 aromatic heterocycles. The SMILES string of the molecule is COCc1cccc(NC(=O)c2cc([N+](=O)[O-])ccc2N(C)C)c1. The Balaban J connectivity index is 2.33. The number of carbonyl (C=O) groups is 1. The van der Waals surface area contributed by atoms with E-state index < -0.39 is 10.8 Å². The van der Waals surface area contributed by atoms with E-state index in [1.807, 2.05) is 12.1 Å². The topological polar surface area (TPSA) is 84.7 Å². The molecule has 0 spiro atoms. The van der Waals surface area contributed by atoms with Gasteiger partial charge >= 0.3 is 0 Å². The van der Waals surface area contributed by atoms with Crippen LogP contribution in [0.4, 0.5) is 17.1 Å². The van der Waals surface area contributed by atoms with Crippen molar-refractivity contribution in [3.05, 3.63) is 63.7 Å². The largest absolute Gasteiger partial charge is 0.380 e. The Bertz CT molecular complexity index is 759. The van der Waals surface area contributed by atoms with Gasteiger partial charge in [0.2, 0.25) is 0 Å². The first-order chi connectivity index (χ1) is 11.4. The molecule has 24 heavy (non-hydrogen) atoms. The van der Waals surface area contributed by atoms with E-state index in [9.17, 15) is 14.9 Å². The third-order valence-corrected chi connectivity index (χ3v) is 3.41. The molecule has 0 aliphatic heterocycles. The summed E-state index contributed by atoms with van der Waals surface area (Å²) in [4.78, 5) is 24.8. The second kappa shape index (κ2) is 7.56. The van der Waals surface area contributed by atoms with Gasteiger partial charge in [-0.05, 0) is 23.8 Å².